The van der Waals surface area contributed by atoms with Gasteiger partial charge in [0.2, 0.25) is 10.0 Å². The monoisotopic (exact) mass is 328 g/mol. The van der Waals surface area contributed by atoms with Gasteiger partial charge in [-0.05, 0) is 25.3 Å². The maximum absolute atomic E-state index is 12.6. The van der Waals surface area contributed by atoms with Gasteiger partial charge in [-0.1, -0.05) is 6.07 Å². The van der Waals surface area contributed by atoms with Crippen molar-refractivity contribution in [3.8, 4) is 0 Å². The fourth-order valence-electron chi connectivity index (χ4n) is 2.46. The number of aryl methyl sites for hydroxylation is 1. The van der Waals surface area contributed by atoms with Gasteiger partial charge in [0.05, 0.1) is 15.7 Å². The molecule has 0 saturated carbocycles. The first-order valence-corrected chi connectivity index (χ1v) is 8.15. The summed E-state index contributed by atoms with van der Waals surface area (Å²) in [5.41, 5.74) is 0.135. The number of carboxylic acid groups (broad SMARTS) is 1. The quantitative estimate of drug-likeness (QED) is 0.659. The van der Waals surface area contributed by atoms with Crippen molar-refractivity contribution in [3.05, 3.63) is 33.9 Å². The molecule has 0 aromatic heterocycles. The molecular formula is C13H16N2O6S. The highest BCUT2D eigenvalue weighted by molar-refractivity contribution is 7.89. The van der Waals surface area contributed by atoms with Gasteiger partial charge < -0.3 is 5.11 Å². The molecule has 9 heteroatoms. The lowest BCUT2D eigenvalue weighted by Crippen LogP contribution is -2.40. The number of non-ortho nitro benzene ring substituents is 1. The highest BCUT2D eigenvalue weighted by Gasteiger charge is 2.33. The van der Waals surface area contributed by atoms with Gasteiger partial charge in [-0.3, -0.25) is 14.9 Å². The maximum Gasteiger partial charge on any atom is 0.306 e. The molecule has 0 radical (unpaired) electrons. The van der Waals surface area contributed by atoms with Crippen LogP contribution in [0.3, 0.4) is 0 Å². The van der Waals surface area contributed by atoms with Gasteiger partial charge in [0.15, 0.2) is 0 Å². The Balaban J connectivity index is 2.30. The van der Waals surface area contributed by atoms with Gasteiger partial charge in [-0.25, -0.2) is 8.42 Å². The number of hydrogen-bond donors (Lipinski definition) is 1. The predicted molar refractivity (Wildman–Crippen MR) is 77.0 cm³/mol. The van der Waals surface area contributed by atoms with E-state index in [0.29, 0.717) is 5.56 Å². The van der Waals surface area contributed by atoms with Gasteiger partial charge in [-0.15, -0.1) is 0 Å². The average molecular weight is 328 g/mol. The number of carboxylic acids is 1. The fourth-order valence-corrected chi connectivity index (χ4v) is 4.18. The normalized spacial score (nSPS) is 17.3. The Morgan fingerprint density at radius 3 is 2.45 bits per heavy atom. The Morgan fingerprint density at radius 1 is 1.36 bits per heavy atom. The molecule has 0 amide bonds. The lowest BCUT2D eigenvalue weighted by atomic mass is 9.99. The summed E-state index contributed by atoms with van der Waals surface area (Å²) in [4.78, 5) is 21.0. The molecule has 1 aromatic carbocycles. The molecule has 1 aromatic rings. The summed E-state index contributed by atoms with van der Waals surface area (Å²) >= 11 is 0. The highest BCUT2D eigenvalue weighted by Crippen LogP contribution is 2.28. The smallest absolute Gasteiger partial charge is 0.306 e. The van der Waals surface area contributed by atoms with E-state index >= 15 is 0 Å². The van der Waals surface area contributed by atoms with Crippen molar-refractivity contribution in [2.24, 2.45) is 5.92 Å². The number of nitro benzene ring substituents is 1. The highest BCUT2D eigenvalue weighted by atomic mass is 32.2. The lowest BCUT2D eigenvalue weighted by Gasteiger charge is -2.29. The van der Waals surface area contributed by atoms with Crippen LogP contribution in [0.2, 0.25) is 0 Å². The standard InChI is InChI=1S/C13H16N2O6S/c1-9-2-3-11(15(18)19)8-12(9)22(20,21)14-6-4-10(5-7-14)13(16)17/h2-3,8,10H,4-7H2,1H3,(H,16,17). The lowest BCUT2D eigenvalue weighted by molar-refractivity contribution is -0.385. The van der Waals surface area contributed by atoms with Crippen molar-refractivity contribution in [1.82, 2.24) is 4.31 Å². The molecule has 1 heterocycles. The van der Waals surface area contributed by atoms with Crippen molar-refractivity contribution in [3.63, 3.8) is 0 Å². The summed E-state index contributed by atoms with van der Waals surface area (Å²) < 4.78 is 26.4. The first-order chi connectivity index (χ1) is 10.2. The van der Waals surface area contributed by atoms with Crippen LogP contribution in [-0.4, -0.2) is 41.8 Å². The average Bonchev–Trinajstić information content (AvgIpc) is 2.47. The van der Waals surface area contributed by atoms with E-state index in [0.717, 1.165) is 6.07 Å². The van der Waals surface area contributed by atoms with E-state index in [1.165, 1.54) is 16.4 Å². The Labute approximate surface area is 127 Å². The third-order valence-corrected chi connectivity index (χ3v) is 5.84. The van der Waals surface area contributed by atoms with E-state index in [4.69, 9.17) is 5.11 Å². The topological polar surface area (TPSA) is 118 Å². The first kappa shape index (κ1) is 16.4. The summed E-state index contributed by atoms with van der Waals surface area (Å²) in [5, 5.41) is 19.8. The number of aliphatic carboxylic acids is 1. The summed E-state index contributed by atoms with van der Waals surface area (Å²) in [6.45, 7) is 1.77. The molecule has 0 spiro atoms. The maximum atomic E-state index is 12.6. The largest absolute Gasteiger partial charge is 0.481 e. The minimum absolute atomic E-state index is 0.0986. The second-order valence-electron chi connectivity index (χ2n) is 5.22. The Bertz CT molecular complexity index is 707. The zero-order valence-corrected chi connectivity index (χ0v) is 12.7. The molecular weight excluding hydrogens is 312 g/mol. The minimum Gasteiger partial charge on any atom is -0.481 e. The zero-order chi connectivity index (χ0) is 16.5. The van der Waals surface area contributed by atoms with Crippen LogP contribution in [0.15, 0.2) is 23.1 Å². The number of carbonyl (C=O) groups is 1. The Kier molecular flexibility index (Phi) is 4.47. The van der Waals surface area contributed by atoms with Crippen LogP contribution in [0, 0.1) is 23.0 Å². The summed E-state index contributed by atoms with van der Waals surface area (Å²) in [6, 6.07) is 3.70. The summed E-state index contributed by atoms with van der Waals surface area (Å²) in [5.74, 6) is -1.47. The van der Waals surface area contributed by atoms with Crippen LogP contribution in [0.1, 0.15) is 18.4 Å². The fraction of sp³-hybridized carbons (Fsp3) is 0.462. The molecule has 8 nitrogen and oxygen atoms in total. The molecule has 0 atom stereocenters. The Hall–Kier alpha value is -2.00. The molecule has 1 aliphatic heterocycles. The third kappa shape index (κ3) is 3.09. The molecule has 1 fully saturated rings. The molecule has 1 N–H and O–H groups in total. The number of sulfonamides is 1. The van der Waals surface area contributed by atoms with Crippen molar-refractivity contribution in [1.29, 1.82) is 0 Å². The molecule has 1 saturated heterocycles. The van der Waals surface area contributed by atoms with E-state index in [2.05, 4.69) is 0 Å². The van der Waals surface area contributed by atoms with Gasteiger partial charge in [0.25, 0.3) is 5.69 Å². The molecule has 0 aliphatic carbocycles. The zero-order valence-electron chi connectivity index (χ0n) is 11.9. The molecule has 0 bridgehead atoms. The summed E-state index contributed by atoms with van der Waals surface area (Å²) in [6.07, 6.45) is 0.477. The van der Waals surface area contributed by atoms with E-state index in [1.54, 1.807) is 6.92 Å². The van der Waals surface area contributed by atoms with Crippen LogP contribution in [0.5, 0.6) is 0 Å². The van der Waals surface area contributed by atoms with Gasteiger partial charge in [0, 0.05) is 25.2 Å². The molecule has 0 unspecified atom stereocenters. The van der Waals surface area contributed by atoms with Crippen LogP contribution >= 0.6 is 0 Å². The number of nitro groups is 1. The van der Waals surface area contributed by atoms with Gasteiger partial charge in [0.1, 0.15) is 0 Å². The van der Waals surface area contributed by atoms with Crippen molar-refractivity contribution < 1.29 is 23.2 Å². The van der Waals surface area contributed by atoms with Crippen LogP contribution in [0.25, 0.3) is 0 Å². The predicted octanol–water partition coefficient (Wildman–Crippen LogP) is 1.39. The Morgan fingerprint density at radius 2 is 1.95 bits per heavy atom. The third-order valence-electron chi connectivity index (χ3n) is 3.80. The summed E-state index contributed by atoms with van der Waals surface area (Å²) in [7, 11) is -3.86. The number of rotatable bonds is 4. The number of nitrogens with zero attached hydrogens (tertiary/aromatic N) is 2. The SMILES string of the molecule is Cc1ccc([N+](=O)[O-])cc1S(=O)(=O)N1CCC(C(=O)O)CC1. The van der Waals surface area contributed by atoms with E-state index in [9.17, 15) is 23.3 Å². The van der Waals surface area contributed by atoms with Crippen LogP contribution in [0.4, 0.5) is 5.69 Å². The van der Waals surface area contributed by atoms with E-state index < -0.39 is 26.8 Å². The number of hydrogen-bond acceptors (Lipinski definition) is 5. The number of piperidine rings is 1. The van der Waals surface area contributed by atoms with E-state index in [-0.39, 0.29) is 36.5 Å². The van der Waals surface area contributed by atoms with Gasteiger partial charge in [-0.2, -0.15) is 4.31 Å². The molecule has 2 rings (SSSR count). The van der Waals surface area contributed by atoms with Gasteiger partial charge >= 0.3 is 5.97 Å². The second-order valence-corrected chi connectivity index (χ2v) is 7.13. The first-order valence-electron chi connectivity index (χ1n) is 6.71. The van der Waals surface area contributed by atoms with Crippen molar-refractivity contribution >= 4 is 21.7 Å². The van der Waals surface area contributed by atoms with Crippen LogP contribution < -0.4 is 0 Å². The molecule has 22 heavy (non-hydrogen) atoms. The van der Waals surface area contributed by atoms with Crippen LogP contribution in [-0.2, 0) is 14.8 Å². The van der Waals surface area contributed by atoms with E-state index in [1.807, 2.05) is 0 Å². The van der Waals surface area contributed by atoms with Crippen molar-refractivity contribution in [2.45, 2.75) is 24.7 Å². The van der Waals surface area contributed by atoms with Crippen molar-refractivity contribution in [2.75, 3.05) is 13.1 Å². The second kappa shape index (κ2) is 6.01. The molecule has 120 valence electrons. The number of benzene rings is 1. The minimum atomic E-state index is -3.86. The molecule has 1 aliphatic rings.